The summed E-state index contributed by atoms with van der Waals surface area (Å²) < 4.78 is 6.93. The first-order valence-electron chi connectivity index (χ1n) is 11.4. The van der Waals surface area contributed by atoms with Crippen LogP contribution in [0.3, 0.4) is 0 Å². The first kappa shape index (κ1) is 25.2. The summed E-state index contributed by atoms with van der Waals surface area (Å²) in [5.41, 5.74) is 4.57. The lowest BCUT2D eigenvalue weighted by atomic mass is 10.0. The number of amides is 1. The zero-order valence-corrected chi connectivity index (χ0v) is 20.7. The molecule has 0 aliphatic heterocycles. The third kappa shape index (κ3) is 6.22. The molecular formula is C27H25N7O3. The zero-order valence-electron chi connectivity index (χ0n) is 20.7. The van der Waals surface area contributed by atoms with Gasteiger partial charge >= 0.3 is 5.97 Å². The second-order valence-electron chi connectivity index (χ2n) is 8.53. The molecule has 10 heteroatoms. The molecule has 0 unspecified atom stereocenters. The minimum Gasteiger partial charge on any atom is -0.444 e. The third-order valence-corrected chi connectivity index (χ3v) is 5.39. The quantitative estimate of drug-likeness (QED) is 0.290. The number of aromatic nitrogens is 4. The van der Waals surface area contributed by atoms with E-state index in [4.69, 9.17) is 4.74 Å². The van der Waals surface area contributed by atoms with Gasteiger partial charge in [-0.1, -0.05) is 6.08 Å². The van der Waals surface area contributed by atoms with E-state index in [0.717, 1.165) is 27.6 Å². The minimum absolute atomic E-state index is 0.00121. The van der Waals surface area contributed by atoms with Crippen LogP contribution in [0.4, 0.5) is 5.69 Å². The van der Waals surface area contributed by atoms with Crippen LogP contribution in [0.2, 0.25) is 0 Å². The molecule has 0 spiro atoms. The van der Waals surface area contributed by atoms with Gasteiger partial charge in [-0.15, -0.1) is 0 Å². The molecule has 0 saturated heterocycles. The van der Waals surface area contributed by atoms with Crippen LogP contribution in [-0.4, -0.2) is 56.9 Å². The maximum Gasteiger partial charge on any atom is 0.304 e. The molecule has 0 bridgehead atoms. The number of hydrogen-bond donors (Lipinski definition) is 1. The fraction of sp³-hybridized carbons (Fsp3) is 0.185. The molecule has 4 aromatic heterocycles. The standard InChI is InChI=1S/C27H25N7O3/c1-18(35)37-17-34-16-25(19-6-7-30-22(9-19)12-28)24-11-21(14-31-27(24)34)20-10-23(15-29-13-20)32-26(36)5-4-8-33(2)3/h4-7,9-11,13-16H,8,17H2,1-3H3,(H,32,36). The van der Waals surface area contributed by atoms with Crippen LogP contribution in [0.1, 0.15) is 12.6 Å². The van der Waals surface area contributed by atoms with E-state index in [-0.39, 0.29) is 18.3 Å². The summed E-state index contributed by atoms with van der Waals surface area (Å²) >= 11 is 0. The maximum atomic E-state index is 12.3. The number of rotatable bonds is 8. The molecule has 37 heavy (non-hydrogen) atoms. The Hall–Kier alpha value is -4.88. The molecule has 0 fully saturated rings. The predicted octanol–water partition coefficient (Wildman–Crippen LogP) is 3.61. The summed E-state index contributed by atoms with van der Waals surface area (Å²) in [7, 11) is 3.85. The number of nitriles is 1. The Balaban J connectivity index is 1.71. The van der Waals surface area contributed by atoms with E-state index in [2.05, 4.69) is 26.3 Å². The highest BCUT2D eigenvalue weighted by Gasteiger charge is 2.15. The van der Waals surface area contributed by atoms with Gasteiger partial charge in [-0.25, -0.2) is 9.97 Å². The number of ether oxygens (including phenoxy) is 1. The van der Waals surface area contributed by atoms with E-state index in [1.807, 2.05) is 37.3 Å². The number of anilines is 1. The Morgan fingerprint density at radius 3 is 2.70 bits per heavy atom. The minimum atomic E-state index is -0.405. The van der Waals surface area contributed by atoms with E-state index < -0.39 is 5.97 Å². The second-order valence-corrected chi connectivity index (χ2v) is 8.53. The van der Waals surface area contributed by atoms with Crippen LogP contribution in [0.15, 0.2) is 67.4 Å². The second kappa shape index (κ2) is 11.2. The fourth-order valence-corrected chi connectivity index (χ4v) is 3.70. The number of esters is 1. The lowest BCUT2D eigenvalue weighted by Gasteiger charge is -2.08. The van der Waals surface area contributed by atoms with E-state index >= 15 is 0 Å². The van der Waals surface area contributed by atoms with Gasteiger partial charge in [0.05, 0.1) is 11.9 Å². The van der Waals surface area contributed by atoms with Crippen molar-refractivity contribution < 1.29 is 14.3 Å². The molecule has 0 aliphatic rings. The molecule has 0 aliphatic carbocycles. The Morgan fingerprint density at radius 1 is 1.14 bits per heavy atom. The van der Waals surface area contributed by atoms with Gasteiger partial charge in [-0.2, -0.15) is 5.26 Å². The molecule has 1 amide bonds. The molecule has 0 saturated carbocycles. The highest BCUT2D eigenvalue weighted by molar-refractivity contribution is 6.00. The average molecular weight is 496 g/mol. The fourth-order valence-electron chi connectivity index (χ4n) is 3.70. The first-order chi connectivity index (χ1) is 17.8. The molecule has 186 valence electrons. The number of carbonyl (C=O) groups is 2. The molecule has 4 rings (SSSR count). The third-order valence-electron chi connectivity index (χ3n) is 5.39. The Morgan fingerprint density at radius 2 is 1.95 bits per heavy atom. The summed E-state index contributed by atoms with van der Waals surface area (Å²) in [4.78, 5) is 38.6. The monoisotopic (exact) mass is 495 g/mol. The van der Waals surface area contributed by atoms with Crippen molar-refractivity contribution >= 4 is 28.6 Å². The maximum absolute atomic E-state index is 12.3. The predicted molar refractivity (Wildman–Crippen MR) is 139 cm³/mol. The summed E-state index contributed by atoms with van der Waals surface area (Å²) in [6.45, 7) is 2.00. The van der Waals surface area contributed by atoms with Gasteiger partial charge in [0.1, 0.15) is 17.4 Å². The van der Waals surface area contributed by atoms with Crippen LogP contribution < -0.4 is 5.32 Å². The number of hydrogen-bond acceptors (Lipinski definition) is 8. The van der Waals surface area contributed by atoms with E-state index in [0.29, 0.717) is 17.9 Å². The normalized spacial score (nSPS) is 11.1. The number of nitrogens with zero attached hydrogens (tertiary/aromatic N) is 6. The van der Waals surface area contributed by atoms with Crippen molar-refractivity contribution in [2.75, 3.05) is 26.0 Å². The number of nitrogens with one attached hydrogen (secondary N) is 1. The summed E-state index contributed by atoms with van der Waals surface area (Å²) in [6, 6.07) is 9.33. The number of likely N-dealkylation sites (N-methyl/N-ethyl adjacent to an activating group) is 1. The summed E-state index contributed by atoms with van der Waals surface area (Å²) in [5, 5.41) is 12.9. The summed E-state index contributed by atoms with van der Waals surface area (Å²) in [6.07, 6.45) is 11.6. The Labute approximate surface area is 213 Å². The van der Waals surface area contributed by atoms with Gasteiger partial charge in [-0.05, 0) is 43.9 Å². The molecule has 10 nitrogen and oxygen atoms in total. The van der Waals surface area contributed by atoms with E-state index in [1.54, 1.807) is 47.6 Å². The average Bonchev–Trinajstić information content (AvgIpc) is 3.25. The molecule has 0 radical (unpaired) electrons. The van der Waals surface area contributed by atoms with Gasteiger partial charge in [0.15, 0.2) is 6.73 Å². The molecule has 4 heterocycles. The van der Waals surface area contributed by atoms with Crippen molar-refractivity contribution in [3.8, 4) is 28.3 Å². The van der Waals surface area contributed by atoms with Crippen LogP contribution in [0, 0.1) is 11.3 Å². The molecular weight excluding hydrogens is 470 g/mol. The Kier molecular flexibility index (Phi) is 7.66. The summed E-state index contributed by atoms with van der Waals surface area (Å²) in [5.74, 6) is -0.651. The highest BCUT2D eigenvalue weighted by atomic mass is 16.5. The van der Waals surface area contributed by atoms with Gasteiger partial charge in [-0.3, -0.25) is 19.1 Å². The van der Waals surface area contributed by atoms with Crippen molar-refractivity contribution in [3.63, 3.8) is 0 Å². The number of pyridine rings is 3. The zero-order chi connectivity index (χ0) is 26.4. The van der Waals surface area contributed by atoms with Crippen LogP contribution in [0.25, 0.3) is 33.3 Å². The van der Waals surface area contributed by atoms with Gasteiger partial charge < -0.3 is 15.0 Å². The van der Waals surface area contributed by atoms with E-state index in [9.17, 15) is 14.9 Å². The molecule has 0 aromatic carbocycles. The van der Waals surface area contributed by atoms with Crippen molar-refractivity contribution in [1.82, 2.24) is 24.4 Å². The van der Waals surface area contributed by atoms with Crippen LogP contribution >= 0.6 is 0 Å². The van der Waals surface area contributed by atoms with Crippen molar-refractivity contribution in [1.29, 1.82) is 5.26 Å². The number of carbonyl (C=O) groups excluding carboxylic acids is 2. The molecule has 1 N–H and O–H groups in total. The van der Waals surface area contributed by atoms with Crippen molar-refractivity contribution in [2.45, 2.75) is 13.7 Å². The molecule has 4 aromatic rings. The van der Waals surface area contributed by atoms with Crippen molar-refractivity contribution in [2.24, 2.45) is 0 Å². The topological polar surface area (TPSA) is 126 Å². The molecule has 0 atom stereocenters. The SMILES string of the molecule is CC(=O)OCn1cc(-c2ccnc(C#N)c2)c2cc(-c3cncc(NC(=O)C=CCN(C)C)c3)cnc21. The van der Waals surface area contributed by atoms with Crippen LogP contribution in [0.5, 0.6) is 0 Å². The van der Waals surface area contributed by atoms with E-state index in [1.165, 1.54) is 13.0 Å². The van der Waals surface area contributed by atoms with Gasteiger partial charge in [0, 0.05) is 66.4 Å². The smallest absolute Gasteiger partial charge is 0.304 e. The lowest BCUT2D eigenvalue weighted by Crippen LogP contribution is -2.13. The van der Waals surface area contributed by atoms with Crippen LogP contribution in [-0.2, 0) is 21.1 Å². The van der Waals surface area contributed by atoms with Crippen molar-refractivity contribution in [3.05, 3.63) is 73.1 Å². The first-order valence-corrected chi connectivity index (χ1v) is 11.4. The largest absolute Gasteiger partial charge is 0.444 e. The van der Waals surface area contributed by atoms with Gasteiger partial charge in [0.25, 0.3) is 0 Å². The van der Waals surface area contributed by atoms with Gasteiger partial charge in [0.2, 0.25) is 5.91 Å². The lowest BCUT2D eigenvalue weighted by molar-refractivity contribution is -0.144. The number of fused-ring (bicyclic) bond motifs is 1. The highest BCUT2D eigenvalue weighted by Crippen LogP contribution is 2.33. The Bertz CT molecular complexity index is 1530.